The molecule has 0 radical (unpaired) electrons. The fraction of sp³-hybridized carbons (Fsp3) is 0.400. The van der Waals surface area contributed by atoms with Crippen LogP contribution in [0.5, 0.6) is 5.88 Å². The molecule has 14 heteroatoms. The Morgan fingerprint density at radius 2 is 1.90 bits per heavy atom. The number of ether oxygens (including phenoxy) is 1. The number of pyridine rings is 1. The first-order valence-electron chi connectivity index (χ1n) is 12.3. The summed E-state index contributed by atoms with van der Waals surface area (Å²) in [6.45, 7) is 2.25. The smallest absolute Gasteiger partial charge is 0.417 e. The number of benzene rings is 1. The monoisotopic (exact) mass is 584 g/mol. The van der Waals surface area contributed by atoms with Gasteiger partial charge in [0.1, 0.15) is 21.8 Å². The van der Waals surface area contributed by atoms with Crippen LogP contribution in [0.4, 0.5) is 17.6 Å². The number of fused-ring (bicyclic) bond motifs is 1. The number of hydrogen-bond donors (Lipinski definition) is 2. The highest BCUT2D eigenvalue weighted by molar-refractivity contribution is 7.15. The van der Waals surface area contributed by atoms with E-state index in [0.29, 0.717) is 41.0 Å². The van der Waals surface area contributed by atoms with Crippen molar-refractivity contribution < 1.29 is 27.4 Å². The van der Waals surface area contributed by atoms with Gasteiger partial charge in [-0.1, -0.05) is 11.6 Å². The first-order chi connectivity index (χ1) is 18.7. The van der Waals surface area contributed by atoms with E-state index in [1.807, 2.05) is 0 Å². The van der Waals surface area contributed by atoms with Crippen LogP contribution in [0.1, 0.15) is 29.0 Å². The van der Waals surface area contributed by atoms with Crippen LogP contribution in [0, 0.1) is 5.82 Å². The lowest BCUT2D eigenvalue weighted by Crippen LogP contribution is -2.39. The molecule has 0 unspecified atom stereocenters. The van der Waals surface area contributed by atoms with E-state index in [4.69, 9.17) is 16.3 Å². The molecule has 0 aliphatic carbocycles. The van der Waals surface area contributed by atoms with Crippen LogP contribution in [-0.2, 0) is 19.3 Å². The Morgan fingerprint density at radius 3 is 2.56 bits per heavy atom. The Balaban J connectivity index is 1.49. The number of alkyl halides is 3. The normalized spacial score (nSPS) is 15.3. The maximum Gasteiger partial charge on any atom is 0.417 e. The lowest BCUT2D eigenvalue weighted by Gasteiger charge is -2.29. The van der Waals surface area contributed by atoms with E-state index in [1.54, 1.807) is 0 Å². The minimum Gasteiger partial charge on any atom is -0.470 e. The van der Waals surface area contributed by atoms with Gasteiger partial charge in [0.2, 0.25) is 5.88 Å². The summed E-state index contributed by atoms with van der Waals surface area (Å²) in [7, 11) is 0. The number of aliphatic hydroxyl groups excluding tert-OH is 1. The van der Waals surface area contributed by atoms with Crippen molar-refractivity contribution in [2.45, 2.75) is 38.3 Å². The number of likely N-dealkylation sites (tertiary alicyclic amines) is 1. The highest BCUT2D eigenvalue weighted by Crippen LogP contribution is 2.41. The lowest BCUT2D eigenvalue weighted by molar-refractivity contribution is -0.137. The third-order valence-corrected chi connectivity index (χ3v) is 7.54. The fourth-order valence-corrected chi connectivity index (χ4v) is 5.39. The predicted molar refractivity (Wildman–Crippen MR) is 139 cm³/mol. The molecule has 4 aromatic rings. The van der Waals surface area contributed by atoms with Crippen LogP contribution >= 0.6 is 22.9 Å². The SMILES string of the molecule is OC1CCN(CCNCc2c(OCc3ncc(Cl)s3)nc3c(cnn3-c3ccc(F)cc3)c2C(F)(F)F)CC1. The molecule has 8 nitrogen and oxygen atoms in total. The number of aliphatic hydroxyl groups is 1. The van der Waals surface area contributed by atoms with Gasteiger partial charge in [0.05, 0.1) is 35.1 Å². The highest BCUT2D eigenvalue weighted by atomic mass is 35.5. The highest BCUT2D eigenvalue weighted by Gasteiger charge is 2.39. The van der Waals surface area contributed by atoms with Crippen molar-refractivity contribution in [3.8, 4) is 11.6 Å². The standard InChI is InChI=1S/C25H25ClF4N6O2S/c26-20-13-32-21(39-20)14-38-24-19(11-31-7-10-35-8-5-17(37)6-9-35)22(25(28,29)30)18-12-33-36(23(18)34-24)16-3-1-15(27)2-4-16/h1-4,12-13,17,31,37H,5-11,14H2. The second-order valence-electron chi connectivity index (χ2n) is 9.13. The second-order valence-corrected chi connectivity index (χ2v) is 10.9. The van der Waals surface area contributed by atoms with Crippen molar-refractivity contribution in [3.63, 3.8) is 0 Å². The zero-order valence-corrected chi connectivity index (χ0v) is 22.2. The summed E-state index contributed by atoms with van der Waals surface area (Å²) >= 11 is 7.10. The van der Waals surface area contributed by atoms with Gasteiger partial charge in [-0.15, -0.1) is 11.3 Å². The zero-order chi connectivity index (χ0) is 27.6. The van der Waals surface area contributed by atoms with Crippen LogP contribution in [0.25, 0.3) is 16.7 Å². The van der Waals surface area contributed by atoms with Crippen molar-refractivity contribution >= 4 is 34.0 Å². The molecule has 1 aliphatic rings. The topological polar surface area (TPSA) is 88.3 Å². The molecule has 1 fully saturated rings. The largest absolute Gasteiger partial charge is 0.470 e. The minimum absolute atomic E-state index is 0.0725. The summed E-state index contributed by atoms with van der Waals surface area (Å²) in [5.74, 6) is -0.696. The first kappa shape index (κ1) is 27.7. The maximum absolute atomic E-state index is 14.6. The predicted octanol–water partition coefficient (Wildman–Crippen LogP) is 4.81. The van der Waals surface area contributed by atoms with Crippen LogP contribution < -0.4 is 10.1 Å². The number of halogens is 5. The Kier molecular flexibility index (Phi) is 8.33. The summed E-state index contributed by atoms with van der Waals surface area (Å²) in [5.41, 5.74) is -0.772. The van der Waals surface area contributed by atoms with Gasteiger partial charge in [0, 0.05) is 38.3 Å². The minimum atomic E-state index is -4.74. The van der Waals surface area contributed by atoms with E-state index in [-0.39, 0.29) is 41.7 Å². The van der Waals surface area contributed by atoms with Gasteiger partial charge in [-0.3, -0.25) is 0 Å². The van der Waals surface area contributed by atoms with Crippen molar-refractivity contribution in [3.05, 3.63) is 62.9 Å². The number of piperidine rings is 1. The number of nitrogens with one attached hydrogen (secondary N) is 1. The van der Waals surface area contributed by atoms with Crippen molar-refractivity contribution in [1.82, 2.24) is 30.0 Å². The lowest BCUT2D eigenvalue weighted by atomic mass is 10.1. The molecule has 3 aromatic heterocycles. The summed E-state index contributed by atoms with van der Waals surface area (Å²) in [4.78, 5) is 10.7. The summed E-state index contributed by atoms with van der Waals surface area (Å²) in [6, 6.07) is 5.20. The molecule has 0 amide bonds. The molecular weight excluding hydrogens is 560 g/mol. The Labute approximate surface area is 230 Å². The van der Waals surface area contributed by atoms with Gasteiger partial charge in [-0.05, 0) is 37.1 Å². The van der Waals surface area contributed by atoms with E-state index in [2.05, 4.69) is 25.3 Å². The van der Waals surface area contributed by atoms with E-state index in [9.17, 15) is 22.7 Å². The molecular formula is C25H25ClF4N6O2S. The van der Waals surface area contributed by atoms with E-state index >= 15 is 0 Å². The molecule has 0 atom stereocenters. The van der Waals surface area contributed by atoms with Gasteiger partial charge < -0.3 is 20.1 Å². The summed E-state index contributed by atoms with van der Waals surface area (Å²) < 4.78 is 64.6. The number of aromatic nitrogens is 4. The van der Waals surface area contributed by atoms with Gasteiger partial charge >= 0.3 is 6.18 Å². The molecule has 0 bridgehead atoms. The van der Waals surface area contributed by atoms with Crippen LogP contribution in [0.3, 0.4) is 0 Å². The summed E-state index contributed by atoms with van der Waals surface area (Å²) in [6.07, 6.45) is -1.13. The molecule has 1 aromatic carbocycles. The molecule has 2 N–H and O–H groups in total. The molecule has 0 saturated carbocycles. The molecule has 39 heavy (non-hydrogen) atoms. The van der Waals surface area contributed by atoms with Gasteiger partial charge in [0.25, 0.3) is 0 Å². The Hall–Kier alpha value is -2.84. The van der Waals surface area contributed by atoms with Crippen molar-refractivity contribution in [1.29, 1.82) is 0 Å². The molecule has 208 valence electrons. The molecule has 5 rings (SSSR count). The van der Waals surface area contributed by atoms with E-state index in [0.717, 1.165) is 30.6 Å². The average molecular weight is 585 g/mol. The molecule has 0 spiro atoms. The van der Waals surface area contributed by atoms with Crippen LogP contribution in [0.2, 0.25) is 4.34 Å². The second kappa shape index (κ2) is 11.7. The van der Waals surface area contributed by atoms with E-state index in [1.165, 1.54) is 35.1 Å². The Bertz CT molecular complexity index is 1420. The molecule has 1 saturated heterocycles. The third-order valence-electron chi connectivity index (χ3n) is 6.46. The van der Waals surface area contributed by atoms with Gasteiger partial charge in [-0.25, -0.2) is 14.1 Å². The number of hydrogen-bond acceptors (Lipinski definition) is 8. The van der Waals surface area contributed by atoms with Crippen molar-refractivity contribution in [2.24, 2.45) is 0 Å². The first-order valence-corrected chi connectivity index (χ1v) is 13.5. The molecule has 1 aliphatic heterocycles. The third kappa shape index (κ3) is 6.49. The summed E-state index contributed by atoms with van der Waals surface area (Å²) in [5, 5.41) is 17.2. The van der Waals surface area contributed by atoms with Crippen molar-refractivity contribution in [2.75, 3.05) is 26.2 Å². The van der Waals surface area contributed by atoms with Crippen LogP contribution in [0.15, 0.2) is 36.7 Å². The van der Waals surface area contributed by atoms with Gasteiger partial charge in [0.15, 0.2) is 5.65 Å². The number of nitrogens with zero attached hydrogens (tertiary/aromatic N) is 5. The van der Waals surface area contributed by atoms with Gasteiger partial charge in [-0.2, -0.15) is 23.3 Å². The zero-order valence-electron chi connectivity index (χ0n) is 20.6. The fourth-order valence-electron chi connectivity index (χ4n) is 4.52. The molecule has 4 heterocycles. The maximum atomic E-state index is 14.6. The Morgan fingerprint density at radius 1 is 1.15 bits per heavy atom. The van der Waals surface area contributed by atoms with Crippen LogP contribution in [-0.4, -0.2) is 62.0 Å². The number of thiazole rings is 1. The number of rotatable bonds is 9. The van der Waals surface area contributed by atoms with E-state index < -0.39 is 17.6 Å². The quantitative estimate of drug-likeness (QED) is 0.216. The average Bonchev–Trinajstić information content (AvgIpc) is 3.51.